The van der Waals surface area contributed by atoms with E-state index in [-0.39, 0.29) is 17.8 Å². The van der Waals surface area contributed by atoms with E-state index in [4.69, 9.17) is 5.73 Å². The standard InChI is InChI=1S/C14H19FN2O/c15-11-2-1-3-12(6-11)17-8-10-4-5-13(17)7-14(10,18)9-16/h1-3,6,10,13,18H,4-5,7-9,16H2. The summed E-state index contributed by atoms with van der Waals surface area (Å²) in [6.07, 6.45) is 2.78. The van der Waals surface area contributed by atoms with Crippen LogP contribution in [0.5, 0.6) is 0 Å². The van der Waals surface area contributed by atoms with Crippen LogP contribution in [0.2, 0.25) is 0 Å². The van der Waals surface area contributed by atoms with E-state index in [1.807, 2.05) is 6.07 Å². The molecule has 0 radical (unpaired) electrons. The molecule has 3 atom stereocenters. The molecule has 2 saturated heterocycles. The molecule has 2 heterocycles. The van der Waals surface area contributed by atoms with Crippen LogP contribution >= 0.6 is 0 Å². The molecule has 3 unspecified atom stereocenters. The molecule has 2 bridgehead atoms. The number of rotatable bonds is 2. The molecule has 1 aromatic rings. The highest BCUT2D eigenvalue weighted by Crippen LogP contribution is 2.43. The molecule has 1 aromatic carbocycles. The zero-order valence-electron chi connectivity index (χ0n) is 10.3. The van der Waals surface area contributed by atoms with Crippen LogP contribution in [0.25, 0.3) is 0 Å². The quantitative estimate of drug-likeness (QED) is 0.836. The van der Waals surface area contributed by atoms with Crippen molar-refractivity contribution in [2.24, 2.45) is 11.7 Å². The molecule has 3 nitrogen and oxygen atoms in total. The number of halogens is 1. The highest BCUT2D eigenvalue weighted by molar-refractivity contribution is 5.49. The van der Waals surface area contributed by atoms with Gasteiger partial charge in [0.2, 0.25) is 0 Å². The van der Waals surface area contributed by atoms with E-state index >= 15 is 0 Å². The van der Waals surface area contributed by atoms with Gasteiger partial charge in [0.25, 0.3) is 0 Å². The number of fused-ring (bicyclic) bond motifs is 3. The second-order valence-electron chi connectivity index (χ2n) is 5.57. The highest BCUT2D eigenvalue weighted by atomic mass is 19.1. The number of nitrogens with zero attached hydrogens (tertiary/aromatic N) is 1. The Bertz CT molecular complexity index is 453. The lowest BCUT2D eigenvalue weighted by atomic mass is 9.68. The van der Waals surface area contributed by atoms with Gasteiger partial charge in [-0.1, -0.05) is 6.07 Å². The molecular weight excluding hydrogens is 231 g/mol. The fourth-order valence-electron chi connectivity index (χ4n) is 3.47. The smallest absolute Gasteiger partial charge is 0.125 e. The Labute approximate surface area is 106 Å². The van der Waals surface area contributed by atoms with Gasteiger partial charge in [0.15, 0.2) is 0 Å². The van der Waals surface area contributed by atoms with Crippen LogP contribution in [0.3, 0.4) is 0 Å². The molecule has 1 saturated carbocycles. The summed E-state index contributed by atoms with van der Waals surface area (Å²) in [7, 11) is 0. The Balaban J connectivity index is 1.86. The second-order valence-corrected chi connectivity index (χ2v) is 5.57. The van der Waals surface area contributed by atoms with Gasteiger partial charge in [0, 0.05) is 30.7 Å². The number of aliphatic hydroxyl groups is 1. The average Bonchev–Trinajstić information content (AvgIpc) is 2.39. The summed E-state index contributed by atoms with van der Waals surface area (Å²) in [5.74, 6) is -0.00111. The largest absolute Gasteiger partial charge is 0.388 e. The Morgan fingerprint density at radius 3 is 2.89 bits per heavy atom. The summed E-state index contributed by atoms with van der Waals surface area (Å²) in [4.78, 5) is 2.22. The topological polar surface area (TPSA) is 49.5 Å². The van der Waals surface area contributed by atoms with E-state index in [0.717, 1.165) is 25.1 Å². The summed E-state index contributed by atoms with van der Waals surface area (Å²) in [5, 5.41) is 10.5. The second kappa shape index (κ2) is 4.21. The number of hydrogen-bond donors (Lipinski definition) is 2. The summed E-state index contributed by atoms with van der Waals surface area (Å²) in [6, 6.07) is 6.99. The minimum absolute atomic E-state index is 0.204. The van der Waals surface area contributed by atoms with Crippen molar-refractivity contribution in [2.45, 2.75) is 30.9 Å². The average molecular weight is 250 g/mol. The van der Waals surface area contributed by atoms with Gasteiger partial charge in [-0.15, -0.1) is 0 Å². The van der Waals surface area contributed by atoms with Crippen molar-refractivity contribution in [2.75, 3.05) is 18.0 Å². The molecule has 18 heavy (non-hydrogen) atoms. The summed E-state index contributed by atoms with van der Waals surface area (Å²) in [5.41, 5.74) is 5.91. The Morgan fingerprint density at radius 1 is 1.44 bits per heavy atom. The van der Waals surface area contributed by atoms with Crippen LogP contribution in [-0.4, -0.2) is 29.8 Å². The van der Waals surface area contributed by atoms with Crippen molar-refractivity contribution in [3.05, 3.63) is 30.1 Å². The predicted molar refractivity (Wildman–Crippen MR) is 68.9 cm³/mol. The lowest BCUT2D eigenvalue weighted by Gasteiger charge is -2.54. The number of nitrogens with two attached hydrogens (primary N) is 1. The molecule has 3 N–H and O–H groups in total. The SMILES string of the molecule is NCC1(O)CC2CCC1CN2c1cccc(F)c1. The molecule has 3 aliphatic rings. The van der Waals surface area contributed by atoms with E-state index in [0.29, 0.717) is 13.0 Å². The van der Waals surface area contributed by atoms with Gasteiger partial charge in [0.1, 0.15) is 5.82 Å². The summed E-state index contributed by atoms with van der Waals surface area (Å²) >= 11 is 0. The molecule has 0 aromatic heterocycles. The van der Waals surface area contributed by atoms with Crippen LogP contribution < -0.4 is 10.6 Å². The zero-order chi connectivity index (χ0) is 12.8. The van der Waals surface area contributed by atoms with E-state index < -0.39 is 5.60 Å². The Hall–Kier alpha value is -1.13. The van der Waals surface area contributed by atoms with E-state index in [1.165, 1.54) is 6.07 Å². The molecular formula is C14H19FN2O. The van der Waals surface area contributed by atoms with Crippen LogP contribution in [-0.2, 0) is 0 Å². The van der Waals surface area contributed by atoms with Crippen LogP contribution in [0.15, 0.2) is 24.3 Å². The molecule has 4 rings (SSSR count). The third-order valence-electron chi connectivity index (χ3n) is 4.55. The van der Waals surface area contributed by atoms with Gasteiger partial charge in [-0.2, -0.15) is 0 Å². The van der Waals surface area contributed by atoms with Crippen molar-refractivity contribution in [1.29, 1.82) is 0 Å². The molecule has 4 heteroatoms. The lowest BCUT2D eigenvalue weighted by molar-refractivity contribution is -0.0632. The first-order valence-corrected chi connectivity index (χ1v) is 6.57. The number of benzene rings is 1. The molecule has 3 fully saturated rings. The van der Waals surface area contributed by atoms with Gasteiger partial charge in [-0.05, 0) is 37.5 Å². The fraction of sp³-hybridized carbons (Fsp3) is 0.571. The monoisotopic (exact) mass is 250 g/mol. The minimum Gasteiger partial charge on any atom is -0.388 e. The van der Waals surface area contributed by atoms with Gasteiger partial charge in [-0.3, -0.25) is 0 Å². The van der Waals surface area contributed by atoms with Crippen molar-refractivity contribution < 1.29 is 9.50 Å². The van der Waals surface area contributed by atoms with E-state index in [1.54, 1.807) is 12.1 Å². The molecule has 98 valence electrons. The first kappa shape index (κ1) is 11.9. The lowest BCUT2D eigenvalue weighted by Crippen LogP contribution is -2.63. The number of hydrogen-bond acceptors (Lipinski definition) is 3. The normalized spacial score (nSPS) is 34.9. The summed E-state index contributed by atoms with van der Waals surface area (Å²) in [6.45, 7) is 1.10. The maximum atomic E-state index is 13.3. The molecule has 0 spiro atoms. The Kier molecular flexibility index (Phi) is 2.79. The Morgan fingerprint density at radius 2 is 2.28 bits per heavy atom. The van der Waals surface area contributed by atoms with Crippen molar-refractivity contribution >= 4 is 5.69 Å². The van der Waals surface area contributed by atoms with Crippen LogP contribution in [0.1, 0.15) is 19.3 Å². The minimum atomic E-state index is -0.716. The molecule has 0 amide bonds. The third-order valence-corrected chi connectivity index (χ3v) is 4.55. The van der Waals surface area contributed by atoms with E-state index in [2.05, 4.69) is 4.90 Å². The maximum Gasteiger partial charge on any atom is 0.125 e. The number of anilines is 1. The first-order chi connectivity index (χ1) is 8.62. The van der Waals surface area contributed by atoms with Crippen LogP contribution in [0, 0.1) is 11.7 Å². The van der Waals surface area contributed by atoms with Gasteiger partial charge < -0.3 is 15.7 Å². The van der Waals surface area contributed by atoms with Crippen molar-refractivity contribution in [3.63, 3.8) is 0 Å². The van der Waals surface area contributed by atoms with Gasteiger partial charge in [0.05, 0.1) is 5.60 Å². The summed E-state index contributed by atoms with van der Waals surface area (Å²) < 4.78 is 13.3. The predicted octanol–water partition coefficient (Wildman–Crippen LogP) is 1.50. The molecule has 2 aliphatic heterocycles. The van der Waals surface area contributed by atoms with Crippen LogP contribution in [0.4, 0.5) is 10.1 Å². The maximum absolute atomic E-state index is 13.3. The fourth-order valence-corrected chi connectivity index (χ4v) is 3.47. The zero-order valence-corrected chi connectivity index (χ0v) is 10.3. The third kappa shape index (κ3) is 1.80. The first-order valence-electron chi connectivity index (χ1n) is 6.57. The highest BCUT2D eigenvalue weighted by Gasteiger charge is 2.48. The van der Waals surface area contributed by atoms with E-state index in [9.17, 15) is 9.50 Å². The van der Waals surface area contributed by atoms with Gasteiger partial charge in [-0.25, -0.2) is 4.39 Å². The van der Waals surface area contributed by atoms with Gasteiger partial charge >= 0.3 is 0 Å². The number of piperidine rings is 2. The van der Waals surface area contributed by atoms with Crippen molar-refractivity contribution in [1.82, 2.24) is 0 Å². The van der Waals surface area contributed by atoms with Crippen molar-refractivity contribution in [3.8, 4) is 0 Å². The molecule has 1 aliphatic carbocycles.